The number of unbranched alkanes of at least 4 members (excludes halogenated alkanes) is 22. The van der Waals surface area contributed by atoms with Gasteiger partial charge in [-0.25, -0.2) is 14.4 Å². The van der Waals surface area contributed by atoms with Gasteiger partial charge in [0.25, 0.3) is 0 Å². The molecule has 34 heteroatoms. The molecule has 0 aromatic heterocycles. The van der Waals surface area contributed by atoms with E-state index in [0.29, 0.717) is 45.1 Å². The summed E-state index contributed by atoms with van der Waals surface area (Å²) >= 11 is 0. The third-order valence-electron chi connectivity index (χ3n) is 12.4. The highest BCUT2D eigenvalue weighted by Crippen LogP contribution is 2.17. The van der Waals surface area contributed by atoms with Crippen molar-refractivity contribution in [2.75, 3.05) is 26.2 Å². The molecule has 0 fully saturated rings. The molecule has 0 heterocycles. The van der Waals surface area contributed by atoms with E-state index in [0.717, 1.165) is 19.3 Å². The zero-order valence-electron chi connectivity index (χ0n) is 50.6. The number of amides is 5. The first-order valence-corrected chi connectivity index (χ1v) is 29.6. The van der Waals surface area contributed by atoms with Crippen molar-refractivity contribution in [1.29, 1.82) is 0 Å². The van der Waals surface area contributed by atoms with Gasteiger partial charge in [0.2, 0.25) is 29.5 Å². The Balaban J connectivity index is -0.00000141. The van der Waals surface area contributed by atoms with E-state index in [4.69, 9.17) is 69.8 Å². The molecule has 0 aliphatic rings. The third-order valence-corrected chi connectivity index (χ3v) is 12.4. The van der Waals surface area contributed by atoms with Crippen molar-refractivity contribution in [1.82, 2.24) is 21.3 Å². The fourth-order valence-corrected chi connectivity index (χ4v) is 7.77. The SMILES string of the molecule is CCCCCCCCCCCCCCCCCCCCCCCC(=O)NCCCCCC(=O)N[C@@H](CCCN=C(N)N)C(=O)N[C@@H](CCCN=C(N)N)C(=O)N[C@@H](CCCN=C(N)N)C(N)=O.O=C(O)C(F)(F)F.O=C(O)C(F)(F)F.O=C(O)C(F)(F)F. The van der Waals surface area contributed by atoms with Gasteiger partial charge in [-0.15, -0.1) is 0 Å². The lowest BCUT2D eigenvalue weighted by Crippen LogP contribution is -2.56. The summed E-state index contributed by atoms with van der Waals surface area (Å²) in [6.45, 7) is 3.43. The highest BCUT2D eigenvalue weighted by molar-refractivity contribution is 5.94. The smallest absolute Gasteiger partial charge is 0.475 e. The number of aliphatic carboxylic acids is 3. The zero-order valence-corrected chi connectivity index (χ0v) is 50.6. The second-order valence-corrected chi connectivity index (χ2v) is 20.4. The number of rotatable bonds is 46. The van der Waals surface area contributed by atoms with Gasteiger partial charge in [0.15, 0.2) is 17.9 Å². The molecule has 5 amide bonds. The summed E-state index contributed by atoms with van der Waals surface area (Å²) in [6, 6.07) is -3.19. The van der Waals surface area contributed by atoms with Crippen LogP contribution in [0.15, 0.2) is 15.0 Å². The van der Waals surface area contributed by atoms with E-state index in [1.165, 1.54) is 122 Å². The van der Waals surface area contributed by atoms with Gasteiger partial charge < -0.3 is 76.7 Å². The third kappa shape index (κ3) is 62.0. The predicted molar refractivity (Wildman–Crippen MR) is 315 cm³/mol. The number of guanidine groups is 3. The van der Waals surface area contributed by atoms with Crippen molar-refractivity contribution < 1.29 is 93.2 Å². The van der Waals surface area contributed by atoms with Crippen molar-refractivity contribution in [2.24, 2.45) is 55.1 Å². The van der Waals surface area contributed by atoms with Gasteiger partial charge in [-0.2, -0.15) is 39.5 Å². The minimum atomic E-state index is -5.08. The van der Waals surface area contributed by atoms with E-state index in [2.05, 4.69) is 43.2 Å². The number of hydrogen-bond acceptors (Lipinski definition) is 11. The average molecular weight is 1290 g/mol. The van der Waals surface area contributed by atoms with Gasteiger partial charge in [-0.05, 0) is 57.8 Å². The van der Waals surface area contributed by atoms with E-state index in [1.807, 2.05) is 0 Å². The molecule has 0 aliphatic carbocycles. The minimum Gasteiger partial charge on any atom is -0.475 e. The summed E-state index contributed by atoms with van der Waals surface area (Å²) in [6.07, 6.45) is 16.8. The fourth-order valence-electron chi connectivity index (χ4n) is 7.77. The molecule has 0 aromatic carbocycles. The summed E-state index contributed by atoms with van der Waals surface area (Å²) in [5, 5.41) is 32.5. The van der Waals surface area contributed by atoms with Crippen LogP contribution in [0.4, 0.5) is 39.5 Å². The first-order valence-electron chi connectivity index (χ1n) is 29.6. The fraction of sp³-hybridized carbons (Fsp3) is 0.796. The summed E-state index contributed by atoms with van der Waals surface area (Å²) in [4.78, 5) is 103. The first kappa shape index (κ1) is 87.4. The number of primary amides is 1. The van der Waals surface area contributed by atoms with Crippen LogP contribution >= 0.6 is 0 Å². The number of carboxylic acids is 3. The van der Waals surface area contributed by atoms with Crippen molar-refractivity contribution in [3.8, 4) is 0 Å². The van der Waals surface area contributed by atoms with Crippen molar-refractivity contribution >= 4 is 65.3 Å². The second-order valence-electron chi connectivity index (χ2n) is 20.4. The number of nitrogens with two attached hydrogens (primary N) is 7. The Morgan fingerprint density at radius 3 is 0.898 bits per heavy atom. The topological polar surface area (TPSA) is 465 Å². The Morgan fingerprint density at radius 1 is 0.364 bits per heavy atom. The standard InChI is InChI=1S/C48H96N14O5.3C2HF3O2/c1-2-3-4-5-6-7-8-9-10-11-12-13-14-15-16-17-18-19-20-21-23-32-41(63)56-34-25-22-24-33-42(64)60-39(30-27-36-58-47(52)53)44(66)62-40(31-28-37-59-48(54)55)45(67)61-38(43(49)65)29-26-35-57-46(50)51;3*3-2(4,5)1(6)7/h38-40H,2-37H2,1H3,(H2,49,65)(H,56,63)(H,60,64)(H,61,67)(H,62,66)(H4,50,51,57)(H4,52,53,58)(H4,54,55,59);3*(H,6,7)/t38-,39-,40-;;;/m0.../s1. The molecular formula is C54H99F9N14O11. The number of aliphatic imine (C=N–C) groups is 3. The van der Waals surface area contributed by atoms with Crippen LogP contribution in [0.5, 0.6) is 0 Å². The Kier molecular flexibility index (Phi) is 53.7. The molecule has 0 aromatic rings. The van der Waals surface area contributed by atoms with E-state index >= 15 is 0 Å². The molecule has 0 rings (SSSR count). The number of nitrogens with zero attached hydrogens (tertiary/aromatic N) is 3. The van der Waals surface area contributed by atoms with Crippen LogP contribution in [-0.4, -0.2) is 143 Å². The van der Waals surface area contributed by atoms with Gasteiger partial charge in [0, 0.05) is 39.0 Å². The Labute approximate surface area is 509 Å². The summed E-state index contributed by atoms with van der Waals surface area (Å²) in [5.74, 6) is -10.9. The largest absolute Gasteiger partial charge is 0.490 e. The molecule has 514 valence electrons. The van der Waals surface area contributed by atoms with E-state index < -0.39 is 72.3 Å². The van der Waals surface area contributed by atoms with Crippen molar-refractivity contribution in [2.45, 2.75) is 249 Å². The van der Waals surface area contributed by atoms with Gasteiger partial charge in [0.05, 0.1) is 0 Å². The lowest BCUT2D eigenvalue weighted by molar-refractivity contribution is -0.193. The van der Waals surface area contributed by atoms with Crippen LogP contribution in [0, 0.1) is 0 Å². The maximum absolute atomic E-state index is 13.7. The average Bonchev–Trinajstić information content (AvgIpc) is 3.64. The number of carbonyl (C=O) groups is 8. The molecular weight excluding hydrogens is 1190 g/mol. The van der Waals surface area contributed by atoms with Crippen LogP contribution in [0.3, 0.4) is 0 Å². The highest BCUT2D eigenvalue weighted by Gasteiger charge is 2.39. The van der Waals surface area contributed by atoms with E-state index in [9.17, 15) is 63.5 Å². The van der Waals surface area contributed by atoms with Gasteiger partial charge in [-0.3, -0.25) is 38.9 Å². The van der Waals surface area contributed by atoms with E-state index in [1.54, 1.807) is 0 Å². The van der Waals surface area contributed by atoms with Crippen LogP contribution in [0.2, 0.25) is 0 Å². The number of halogens is 9. The normalized spacial score (nSPS) is 12.0. The predicted octanol–water partition coefficient (Wildman–Crippen LogP) is 6.27. The molecule has 0 unspecified atom stereocenters. The number of carbonyl (C=O) groups excluding carboxylic acids is 5. The Bertz CT molecular complexity index is 1970. The Morgan fingerprint density at radius 2 is 0.614 bits per heavy atom. The molecule has 0 aliphatic heterocycles. The Hall–Kier alpha value is -7.06. The molecule has 0 radical (unpaired) electrons. The van der Waals surface area contributed by atoms with Crippen LogP contribution < -0.4 is 61.4 Å². The maximum Gasteiger partial charge on any atom is 0.490 e. The van der Waals surface area contributed by atoms with E-state index in [-0.39, 0.29) is 75.0 Å². The van der Waals surface area contributed by atoms with Gasteiger partial charge >= 0.3 is 36.4 Å². The summed E-state index contributed by atoms with van der Waals surface area (Å²) in [5.41, 5.74) is 38.1. The lowest BCUT2D eigenvalue weighted by Gasteiger charge is -2.25. The molecule has 21 N–H and O–H groups in total. The lowest BCUT2D eigenvalue weighted by atomic mass is 10.0. The molecule has 25 nitrogen and oxygen atoms in total. The van der Waals surface area contributed by atoms with Crippen LogP contribution in [-0.2, 0) is 38.4 Å². The zero-order chi connectivity index (χ0) is 68.0. The molecule has 0 bridgehead atoms. The van der Waals surface area contributed by atoms with Gasteiger partial charge in [-0.1, -0.05) is 142 Å². The minimum absolute atomic E-state index is 0.0568. The monoisotopic (exact) mass is 1290 g/mol. The first-order chi connectivity index (χ1) is 41.1. The van der Waals surface area contributed by atoms with Crippen molar-refractivity contribution in [3.05, 3.63) is 0 Å². The molecule has 88 heavy (non-hydrogen) atoms. The molecule has 0 saturated heterocycles. The highest BCUT2D eigenvalue weighted by atomic mass is 19.4. The molecule has 0 spiro atoms. The summed E-state index contributed by atoms with van der Waals surface area (Å²) in [7, 11) is 0. The molecule has 3 atom stereocenters. The number of nitrogens with one attached hydrogen (secondary N) is 4. The maximum atomic E-state index is 13.7. The summed E-state index contributed by atoms with van der Waals surface area (Å²) < 4.78 is 95.2. The number of carboxylic acid groups (broad SMARTS) is 3. The van der Waals surface area contributed by atoms with Crippen molar-refractivity contribution in [3.63, 3.8) is 0 Å². The number of alkyl halides is 9. The van der Waals surface area contributed by atoms with Gasteiger partial charge in [0.1, 0.15) is 18.1 Å². The quantitative estimate of drug-likeness (QED) is 0.0138. The molecule has 0 saturated carbocycles. The van der Waals surface area contributed by atoms with Crippen LogP contribution in [0.25, 0.3) is 0 Å². The van der Waals surface area contributed by atoms with Crippen LogP contribution in [0.1, 0.15) is 212 Å². The second kappa shape index (κ2) is 54.1. The number of hydrogen-bond donors (Lipinski definition) is 14.